The molecule has 1 N–H and O–H groups in total. The fourth-order valence-corrected chi connectivity index (χ4v) is 3.11. The molecule has 0 unspecified atom stereocenters. The Hall–Kier alpha value is -3.55. The standard InChI is InChI=1S/C20H21N7O/c1-15-12-22-17(13-21-15)20(28)25-18-11-19(24-14-23-18)27-9-7-26(8-10-27)16-5-3-2-4-6-16/h2-6,11-14H,7-10H2,1H3,(H,23,24,25,28). The third-order valence-electron chi connectivity index (χ3n) is 4.63. The molecule has 1 saturated heterocycles. The number of benzene rings is 1. The van der Waals surface area contributed by atoms with E-state index in [-0.39, 0.29) is 11.6 Å². The zero-order valence-electron chi connectivity index (χ0n) is 15.6. The average Bonchev–Trinajstić information content (AvgIpc) is 2.75. The van der Waals surface area contributed by atoms with Gasteiger partial charge in [0.05, 0.1) is 11.9 Å². The molecule has 0 saturated carbocycles. The van der Waals surface area contributed by atoms with Crippen LogP contribution in [-0.2, 0) is 0 Å². The predicted molar refractivity (Wildman–Crippen MR) is 108 cm³/mol. The molecule has 3 aromatic rings. The minimum atomic E-state index is -0.342. The largest absolute Gasteiger partial charge is 0.368 e. The average molecular weight is 375 g/mol. The molecule has 0 atom stereocenters. The van der Waals surface area contributed by atoms with Gasteiger partial charge in [-0.1, -0.05) is 18.2 Å². The van der Waals surface area contributed by atoms with Gasteiger partial charge in [0, 0.05) is 44.1 Å². The normalized spacial score (nSPS) is 14.0. The Kier molecular flexibility index (Phi) is 5.09. The Morgan fingerprint density at radius 1 is 0.929 bits per heavy atom. The number of nitrogens with one attached hydrogen (secondary N) is 1. The van der Waals surface area contributed by atoms with Gasteiger partial charge in [-0.25, -0.2) is 15.0 Å². The number of amides is 1. The van der Waals surface area contributed by atoms with Crippen molar-refractivity contribution in [1.29, 1.82) is 0 Å². The van der Waals surface area contributed by atoms with Crippen molar-refractivity contribution in [2.24, 2.45) is 0 Å². The highest BCUT2D eigenvalue weighted by atomic mass is 16.1. The molecule has 0 radical (unpaired) electrons. The van der Waals surface area contributed by atoms with E-state index in [1.165, 1.54) is 18.2 Å². The minimum absolute atomic E-state index is 0.252. The first-order valence-corrected chi connectivity index (χ1v) is 9.16. The van der Waals surface area contributed by atoms with E-state index >= 15 is 0 Å². The zero-order valence-corrected chi connectivity index (χ0v) is 15.6. The van der Waals surface area contributed by atoms with E-state index < -0.39 is 0 Å². The lowest BCUT2D eigenvalue weighted by atomic mass is 10.2. The SMILES string of the molecule is Cc1cnc(C(=O)Nc2cc(N3CCN(c4ccccc4)CC3)ncn2)cn1. The molecular formula is C20H21N7O. The number of aromatic nitrogens is 4. The van der Waals surface area contributed by atoms with Gasteiger partial charge < -0.3 is 15.1 Å². The molecule has 1 aliphatic heterocycles. The van der Waals surface area contributed by atoms with Crippen LogP contribution >= 0.6 is 0 Å². The molecule has 1 fully saturated rings. The van der Waals surface area contributed by atoms with Gasteiger partial charge in [0.1, 0.15) is 23.7 Å². The molecule has 8 heteroatoms. The van der Waals surface area contributed by atoms with Crippen LogP contribution < -0.4 is 15.1 Å². The van der Waals surface area contributed by atoms with Crippen molar-refractivity contribution in [1.82, 2.24) is 19.9 Å². The smallest absolute Gasteiger partial charge is 0.277 e. The maximum atomic E-state index is 12.3. The lowest BCUT2D eigenvalue weighted by molar-refractivity contribution is 0.102. The van der Waals surface area contributed by atoms with E-state index in [1.807, 2.05) is 13.0 Å². The summed E-state index contributed by atoms with van der Waals surface area (Å²) >= 11 is 0. The van der Waals surface area contributed by atoms with Gasteiger partial charge in [0.2, 0.25) is 0 Å². The van der Waals surface area contributed by atoms with Crippen LogP contribution in [0.2, 0.25) is 0 Å². The molecule has 2 aromatic heterocycles. The predicted octanol–water partition coefficient (Wildman–Crippen LogP) is 2.15. The molecule has 8 nitrogen and oxygen atoms in total. The summed E-state index contributed by atoms with van der Waals surface area (Å²) in [6.07, 6.45) is 4.48. The van der Waals surface area contributed by atoms with Crippen LogP contribution in [-0.4, -0.2) is 52.0 Å². The number of anilines is 3. The van der Waals surface area contributed by atoms with E-state index in [4.69, 9.17) is 0 Å². The summed E-state index contributed by atoms with van der Waals surface area (Å²) in [5.41, 5.74) is 2.25. The lowest BCUT2D eigenvalue weighted by Crippen LogP contribution is -2.46. The van der Waals surface area contributed by atoms with Gasteiger partial charge >= 0.3 is 0 Å². The van der Waals surface area contributed by atoms with Crippen molar-refractivity contribution in [3.05, 3.63) is 66.5 Å². The molecule has 28 heavy (non-hydrogen) atoms. The zero-order chi connectivity index (χ0) is 19.3. The molecule has 1 aromatic carbocycles. The van der Waals surface area contributed by atoms with Crippen LogP contribution in [0.15, 0.2) is 55.1 Å². The maximum absolute atomic E-state index is 12.3. The van der Waals surface area contributed by atoms with Crippen molar-refractivity contribution in [3.63, 3.8) is 0 Å². The summed E-state index contributed by atoms with van der Waals surface area (Å²) in [5, 5.41) is 2.76. The fourth-order valence-electron chi connectivity index (χ4n) is 3.11. The number of aryl methyl sites for hydroxylation is 1. The maximum Gasteiger partial charge on any atom is 0.277 e. The quantitative estimate of drug-likeness (QED) is 0.748. The minimum Gasteiger partial charge on any atom is -0.368 e. The second-order valence-electron chi connectivity index (χ2n) is 6.57. The van der Waals surface area contributed by atoms with Crippen molar-refractivity contribution in [3.8, 4) is 0 Å². The molecule has 142 valence electrons. The highest BCUT2D eigenvalue weighted by Gasteiger charge is 2.19. The first kappa shape index (κ1) is 17.8. The van der Waals surface area contributed by atoms with Crippen LogP contribution in [0.4, 0.5) is 17.3 Å². The topological polar surface area (TPSA) is 87.1 Å². The molecule has 3 heterocycles. The Morgan fingerprint density at radius 2 is 1.68 bits per heavy atom. The Morgan fingerprint density at radius 3 is 2.39 bits per heavy atom. The summed E-state index contributed by atoms with van der Waals surface area (Å²) in [7, 11) is 0. The van der Waals surface area contributed by atoms with Crippen molar-refractivity contribution >= 4 is 23.2 Å². The number of hydrogen-bond donors (Lipinski definition) is 1. The van der Waals surface area contributed by atoms with Gasteiger partial charge in [-0.3, -0.25) is 9.78 Å². The monoisotopic (exact) mass is 375 g/mol. The number of piperazine rings is 1. The van der Waals surface area contributed by atoms with E-state index in [1.54, 1.807) is 12.3 Å². The van der Waals surface area contributed by atoms with E-state index in [2.05, 4.69) is 59.3 Å². The van der Waals surface area contributed by atoms with E-state index in [9.17, 15) is 4.79 Å². The molecule has 4 rings (SSSR count). The Balaban J connectivity index is 1.40. The molecule has 0 spiro atoms. The number of nitrogens with zero attached hydrogens (tertiary/aromatic N) is 6. The first-order valence-electron chi connectivity index (χ1n) is 9.16. The summed E-state index contributed by atoms with van der Waals surface area (Å²) in [5.74, 6) is 0.905. The molecule has 0 bridgehead atoms. The number of carbonyl (C=O) groups excluding carboxylic acids is 1. The van der Waals surface area contributed by atoms with Crippen LogP contribution in [0.5, 0.6) is 0 Å². The summed E-state index contributed by atoms with van der Waals surface area (Å²) in [4.78, 5) is 33.6. The molecular weight excluding hydrogens is 354 g/mol. The summed E-state index contributed by atoms with van der Waals surface area (Å²) in [6, 6.07) is 12.2. The van der Waals surface area contributed by atoms with Gasteiger partial charge in [-0.2, -0.15) is 0 Å². The molecule has 1 aliphatic rings. The number of para-hydroxylation sites is 1. The van der Waals surface area contributed by atoms with Crippen LogP contribution in [0.25, 0.3) is 0 Å². The number of carbonyl (C=O) groups is 1. The third kappa shape index (κ3) is 4.06. The Bertz CT molecular complexity index is 938. The second kappa shape index (κ2) is 7.99. The first-order chi connectivity index (χ1) is 13.7. The van der Waals surface area contributed by atoms with Gasteiger partial charge in [-0.05, 0) is 19.1 Å². The van der Waals surface area contributed by atoms with Gasteiger partial charge in [0.15, 0.2) is 0 Å². The lowest BCUT2D eigenvalue weighted by Gasteiger charge is -2.36. The van der Waals surface area contributed by atoms with Crippen molar-refractivity contribution in [2.75, 3.05) is 41.3 Å². The second-order valence-corrected chi connectivity index (χ2v) is 6.57. The number of rotatable bonds is 4. The molecule has 1 amide bonds. The molecule has 0 aliphatic carbocycles. The number of hydrogen-bond acceptors (Lipinski definition) is 7. The van der Waals surface area contributed by atoms with Gasteiger partial charge in [-0.15, -0.1) is 0 Å². The van der Waals surface area contributed by atoms with Gasteiger partial charge in [0.25, 0.3) is 5.91 Å². The summed E-state index contributed by atoms with van der Waals surface area (Å²) < 4.78 is 0. The fraction of sp³-hybridized carbons (Fsp3) is 0.250. The third-order valence-corrected chi connectivity index (χ3v) is 4.63. The van der Waals surface area contributed by atoms with Crippen LogP contribution in [0, 0.1) is 6.92 Å². The summed E-state index contributed by atoms with van der Waals surface area (Å²) in [6.45, 7) is 5.34. The van der Waals surface area contributed by atoms with Crippen LogP contribution in [0.3, 0.4) is 0 Å². The van der Waals surface area contributed by atoms with E-state index in [0.717, 1.165) is 37.7 Å². The highest BCUT2D eigenvalue weighted by Crippen LogP contribution is 2.20. The van der Waals surface area contributed by atoms with Crippen molar-refractivity contribution in [2.45, 2.75) is 6.92 Å². The Labute approximate surface area is 163 Å². The highest BCUT2D eigenvalue weighted by molar-refractivity contribution is 6.02. The van der Waals surface area contributed by atoms with Crippen LogP contribution in [0.1, 0.15) is 16.2 Å². The van der Waals surface area contributed by atoms with E-state index in [0.29, 0.717) is 5.82 Å². The van der Waals surface area contributed by atoms with Crippen molar-refractivity contribution < 1.29 is 4.79 Å².